The highest BCUT2D eigenvalue weighted by atomic mass is 19.1. The fourth-order valence-corrected chi connectivity index (χ4v) is 2.16. The zero-order valence-corrected chi connectivity index (χ0v) is 12.5. The second-order valence-corrected chi connectivity index (χ2v) is 4.86. The highest BCUT2D eigenvalue weighted by Crippen LogP contribution is 2.17. The van der Waals surface area contributed by atoms with Gasteiger partial charge in [0.1, 0.15) is 11.6 Å². The number of rotatable bonds is 7. The van der Waals surface area contributed by atoms with Crippen LogP contribution in [0.2, 0.25) is 0 Å². The maximum atomic E-state index is 13.2. The molecular weight excluding hydrogens is 267 g/mol. The molecule has 1 aromatic carbocycles. The van der Waals surface area contributed by atoms with Crippen molar-refractivity contribution in [3.05, 3.63) is 42.3 Å². The molecule has 0 spiro atoms. The normalized spacial score (nSPS) is 10.4. The minimum atomic E-state index is -0.283. The van der Waals surface area contributed by atoms with Gasteiger partial charge in [-0.3, -0.25) is 0 Å². The average Bonchev–Trinajstić information content (AvgIpc) is 2.47. The van der Waals surface area contributed by atoms with E-state index in [-0.39, 0.29) is 5.82 Å². The second-order valence-electron chi connectivity index (χ2n) is 4.86. The van der Waals surface area contributed by atoms with Crippen LogP contribution >= 0.6 is 0 Å². The van der Waals surface area contributed by atoms with Gasteiger partial charge in [0.05, 0.1) is 0 Å². The van der Waals surface area contributed by atoms with E-state index in [0.29, 0.717) is 11.6 Å². The number of anilines is 3. The molecule has 0 saturated carbocycles. The first-order valence-electron chi connectivity index (χ1n) is 7.33. The Hall–Kier alpha value is -2.17. The van der Waals surface area contributed by atoms with Crippen molar-refractivity contribution in [3.63, 3.8) is 0 Å². The largest absolute Gasteiger partial charge is 0.356 e. The summed E-state index contributed by atoms with van der Waals surface area (Å²) in [5, 5.41) is 3.04. The quantitative estimate of drug-likeness (QED) is 0.836. The predicted molar refractivity (Wildman–Crippen MR) is 84.5 cm³/mol. The molecule has 0 bridgehead atoms. The van der Waals surface area contributed by atoms with Gasteiger partial charge in [-0.05, 0) is 37.1 Å². The first-order valence-corrected chi connectivity index (χ1v) is 7.33. The van der Waals surface area contributed by atoms with E-state index in [1.165, 1.54) is 12.1 Å². The number of halogens is 1. The molecular formula is C16H21FN4. The van der Waals surface area contributed by atoms with Crippen LogP contribution in [-0.4, -0.2) is 23.1 Å². The lowest BCUT2D eigenvalue weighted by Gasteiger charge is -2.22. The number of hydrogen-bond acceptors (Lipinski definition) is 4. The van der Waals surface area contributed by atoms with Gasteiger partial charge < -0.3 is 10.2 Å². The number of nitrogens with zero attached hydrogens (tertiary/aromatic N) is 3. The monoisotopic (exact) mass is 288 g/mol. The molecule has 1 N–H and O–H groups in total. The smallest absolute Gasteiger partial charge is 0.229 e. The number of benzene rings is 1. The van der Waals surface area contributed by atoms with Crippen LogP contribution in [0.5, 0.6) is 0 Å². The number of aromatic nitrogens is 2. The van der Waals surface area contributed by atoms with E-state index in [1.54, 1.807) is 18.3 Å². The van der Waals surface area contributed by atoms with Crippen LogP contribution in [0.4, 0.5) is 21.8 Å². The summed E-state index contributed by atoms with van der Waals surface area (Å²) in [6, 6.07) is 8.18. The molecule has 21 heavy (non-hydrogen) atoms. The van der Waals surface area contributed by atoms with Gasteiger partial charge in [0.15, 0.2) is 0 Å². The van der Waals surface area contributed by atoms with Gasteiger partial charge in [-0.1, -0.05) is 19.9 Å². The number of hydrogen-bond donors (Lipinski definition) is 1. The van der Waals surface area contributed by atoms with E-state index in [1.807, 2.05) is 6.07 Å². The fraction of sp³-hybridized carbons (Fsp3) is 0.375. The molecule has 0 saturated heterocycles. The minimum absolute atomic E-state index is 0.283. The molecule has 0 atom stereocenters. The van der Waals surface area contributed by atoms with Crippen molar-refractivity contribution in [2.75, 3.05) is 23.3 Å². The van der Waals surface area contributed by atoms with Gasteiger partial charge in [0.2, 0.25) is 5.95 Å². The lowest BCUT2D eigenvalue weighted by Crippen LogP contribution is -2.26. The van der Waals surface area contributed by atoms with Gasteiger partial charge in [-0.15, -0.1) is 0 Å². The Morgan fingerprint density at radius 3 is 2.57 bits per heavy atom. The average molecular weight is 288 g/mol. The third kappa shape index (κ3) is 4.41. The van der Waals surface area contributed by atoms with Crippen molar-refractivity contribution >= 4 is 17.5 Å². The fourth-order valence-electron chi connectivity index (χ4n) is 2.16. The molecule has 0 aliphatic heterocycles. The zero-order chi connectivity index (χ0) is 15.1. The summed E-state index contributed by atoms with van der Waals surface area (Å²) in [6.07, 6.45) is 3.86. The zero-order valence-electron chi connectivity index (χ0n) is 12.5. The highest BCUT2D eigenvalue weighted by molar-refractivity contribution is 5.54. The van der Waals surface area contributed by atoms with Gasteiger partial charge in [-0.25, -0.2) is 9.37 Å². The molecule has 2 rings (SSSR count). The van der Waals surface area contributed by atoms with Crippen molar-refractivity contribution in [2.45, 2.75) is 26.7 Å². The molecule has 0 radical (unpaired) electrons. The standard InChI is InChI=1S/C16H21FN4/c1-3-10-21(11-4-2)15-8-9-18-16(20-15)19-14-7-5-6-13(17)12-14/h5-9,12H,3-4,10-11H2,1-2H3,(H,18,19,20). The van der Waals surface area contributed by atoms with Crippen LogP contribution < -0.4 is 10.2 Å². The van der Waals surface area contributed by atoms with Crippen LogP contribution in [0.1, 0.15) is 26.7 Å². The van der Waals surface area contributed by atoms with E-state index in [0.717, 1.165) is 31.7 Å². The van der Waals surface area contributed by atoms with Gasteiger partial charge in [-0.2, -0.15) is 4.98 Å². The Morgan fingerprint density at radius 2 is 1.90 bits per heavy atom. The third-order valence-electron chi connectivity index (χ3n) is 3.03. The maximum absolute atomic E-state index is 13.2. The second kappa shape index (κ2) is 7.57. The van der Waals surface area contributed by atoms with Crippen molar-refractivity contribution in [3.8, 4) is 0 Å². The van der Waals surface area contributed by atoms with Crippen LogP contribution in [0.3, 0.4) is 0 Å². The first kappa shape index (κ1) is 15.2. The lowest BCUT2D eigenvalue weighted by molar-refractivity contribution is 0.628. The van der Waals surface area contributed by atoms with Crippen molar-refractivity contribution < 1.29 is 4.39 Å². The van der Waals surface area contributed by atoms with Crippen LogP contribution in [0, 0.1) is 5.82 Å². The topological polar surface area (TPSA) is 41.1 Å². The van der Waals surface area contributed by atoms with Crippen LogP contribution in [-0.2, 0) is 0 Å². The Labute approximate surface area is 125 Å². The summed E-state index contributed by atoms with van der Waals surface area (Å²) in [4.78, 5) is 10.9. The molecule has 0 aliphatic carbocycles. The van der Waals surface area contributed by atoms with Crippen LogP contribution in [0.25, 0.3) is 0 Å². The van der Waals surface area contributed by atoms with Crippen molar-refractivity contribution in [1.29, 1.82) is 0 Å². The molecule has 2 aromatic rings. The molecule has 1 aromatic heterocycles. The van der Waals surface area contributed by atoms with E-state index in [4.69, 9.17) is 0 Å². The van der Waals surface area contributed by atoms with Crippen molar-refractivity contribution in [2.24, 2.45) is 0 Å². The summed E-state index contributed by atoms with van der Waals surface area (Å²) < 4.78 is 13.2. The molecule has 0 aliphatic rings. The van der Waals surface area contributed by atoms with Gasteiger partial charge >= 0.3 is 0 Å². The summed E-state index contributed by atoms with van der Waals surface area (Å²) in [5.41, 5.74) is 0.643. The van der Waals surface area contributed by atoms with E-state index in [9.17, 15) is 4.39 Å². The summed E-state index contributed by atoms with van der Waals surface area (Å²) in [7, 11) is 0. The summed E-state index contributed by atoms with van der Waals surface area (Å²) in [5.74, 6) is 1.10. The van der Waals surface area contributed by atoms with E-state index < -0.39 is 0 Å². The van der Waals surface area contributed by atoms with E-state index >= 15 is 0 Å². The van der Waals surface area contributed by atoms with Gasteiger partial charge in [0, 0.05) is 25.0 Å². The molecule has 4 nitrogen and oxygen atoms in total. The Balaban J connectivity index is 2.16. The Morgan fingerprint density at radius 1 is 1.14 bits per heavy atom. The van der Waals surface area contributed by atoms with Crippen LogP contribution in [0.15, 0.2) is 36.5 Å². The third-order valence-corrected chi connectivity index (χ3v) is 3.03. The first-order chi connectivity index (χ1) is 10.2. The highest BCUT2D eigenvalue weighted by Gasteiger charge is 2.07. The van der Waals surface area contributed by atoms with E-state index in [2.05, 4.69) is 34.0 Å². The summed E-state index contributed by atoms with van der Waals surface area (Å²) >= 11 is 0. The minimum Gasteiger partial charge on any atom is -0.356 e. The van der Waals surface area contributed by atoms with Gasteiger partial charge in [0.25, 0.3) is 0 Å². The molecule has 0 unspecified atom stereocenters. The molecule has 0 fully saturated rings. The molecule has 5 heteroatoms. The Kier molecular flexibility index (Phi) is 5.49. The SMILES string of the molecule is CCCN(CCC)c1ccnc(Nc2cccc(F)c2)n1. The summed E-state index contributed by atoms with van der Waals surface area (Å²) in [6.45, 7) is 6.22. The predicted octanol–water partition coefficient (Wildman–Crippen LogP) is 3.99. The Bertz CT molecular complexity index is 568. The molecule has 112 valence electrons. The van der Waals surface area contributed by atoms with Crippen molar-refractivity contribution in [1.82, 2.24) is 9.97 Å². The lowest BCUT2D eigenvalue weighted by atomic mass is 10.3. The number of nitrogens with one attached hydrogen (secondary N) is 1. The molecule has 1 heterocycles. The maximum Gasteiger partial charge on any atom is 0.229 e. The molecule has 0 amide bonds.